The second-order valence-electron chi connectivity index (χ2n) is 26.0. The normalized spacial score (nSPS) is 31.5. The van der Waals surface area contributed by atoms with E-state index in [1.54, 1.807) is 22.0 Å². The second kappa shape index (κ2) is 11.4. The van der Waals surface area contributed by atoms with Crippen molar-refractivity contribution in [1.82, 2.24) is 9.05 Å². The summed E-state index contributed by atoms with van der Waals surface area (Å²) in [6, 6.07) is 42.8. The van der Waals surface area contributed by atoms with Crippen LogP contribution in [0.15, 0.2) is 103 Å². The fourth-order valence-electron chi connectivity index (χ4n) is 20.2. The highest BCUT2D eigenvalue weighted by molar-refractivity contribution is 6.90. The van der Waals surface area contributed by atoms with Crippen LogP contribution >= 0.6 is 0 Å². The summed E-state index contributed by atoms with van der Waals surface area (Å²) in [5.74, 6) is 5.58. The standard InChI is InChI=1S/C64H59BN2/c1-61(2)50-13-7-5-10-42(50)46-28-47-49-27-41(63-19-18-38-23-37(29-63)24-39(38)33-63)26-48-45-25-40(64-30-34-20-35(31-64)22-36(21-34)32-64)16-17-53(45)67(57(48)49)65-52-15-9-12-44-54-59(43-11-6-8-14-51(43)62(54,3)4)66(58(44)52)60(55(46)61)56(47)65/h5-17,25-28,34-39H,18-24,29-33H2,1-4H3. The van der Waals surface area contributed by atoms with Crippen LogP contribution in [-0.4, -0.2) is 15.9 Å². The Morgan fingerprint density at radius 3 is 2.00 bits per heavy atom. The second-order valence-corrected chi connectivity index (χ2v) is 26.0. The Morgan fingerprint density at radius 2 is 1.19 bits per heavy atom. The molecule has 4 unspecified atom stereocenters. The molecule has 11 aliphatic rings. The molecule has 4 heterocycles. The van der Waals surface area contributed by atoms with Crippen LogP contribution in [0.2, 0.25) is 0 Å². The van der Waals surface area contributed by atoms with Gasteiger partial charge >= 0.3 is 6.85 Å². The van der Waals surface area contributed by atoms with E-state index in [9.17, 15) is 0 Å². The molecule has 0 spiro atoms. The summed E-state index contributed by atoms with van der Waals surface area (Å²) >= 11 is 0. The fraction of sp³-hybridized carbons (Fsp3) is 0.406. The van der Waals surface area contributed by atoms with Gasteiger partial charge in [-0.25, -0.2) is 0 Å². The number of benzene rings is 6. The third-order valence-corrected chi connectivity index (χ3v) is 22.1. The van der Waals surface area contributed by atoms with Crippen molar-refractivity contribution < 1.29 is 0 Å². The van der Waals surface area contributed by atoms with Gasteiger partial charge in [0.25, 0.3) is 0 Å². The lowest BCUT2D eigenvalue weighted by Gasteiger charge is -2.57. The van der Waals surface area contributed by atoms with Crippen molar-refractivity contribution in [2.75, 3.05) is 0 Å². The van der Waals surface area contributed by atoms with E-state index in [2.05, 4.69) is 140 Å². The van der Waals surface area contributed by atoms with Crippen molar-refractivity contribution in [1.29, 1.82) is 0 Å². The molecule has 0 radical (unpaired) electrons. The first-order valence-electron chi connectivity index (χ1n) is 26.8. The minimum absolute atomic E-state index is 0.0715. The van der Waals surface area contributed by atoms with Crippen LogP contribution in [0.1, 0.15) is 138 Å². The maximum absolute atomic E-state index is 2.93. The Balaban J connectivity index is 1.01. The SMILES string of the molecule is CC1(C)c2ccccc2-c2cc3c4c(c21)-n1c2c(c5cccc(c51)B4n1c4ccc(C56CC7CC(CC(C7)C5)C6)cc4c4cc(C56CCC7CC(CC7C5)C6)cc-3c41)C(C)(C)c1ccccc1-2. The Kier molecular flexibility index (Phi) is 6.26. The molecule has 0 amide bonds. The Hall–Kier alpha value is -5.28. The molecule has 4 atom stereocenters. The van der Waals surface area contributed by atoms with Gasteiger partial charge < -0.3 is 9.05 Å². The van der Waals surface area contributed by atoms with Gasteiger partial charge in [0.15, 0.2) is 0 Å². The first-order chi connectivity index (χ1) is 32.6. The quantitative estimate of drug-likeness (QED) is 0.153. The molecule has 0 saturated heterocycles. The maximum atomic E-state index is 2.93. The van der Waals surface area contributed by atoms with Crippen LogP contribution in [0.4, 0.5) is 0 Å². The summed E-state index contributed by atoms with van der Waals surface area (Å²) in [6.07, 6.45) is 17.3. The molecule has 67 heavy (non-hydrogen) atoms. The first-order valence-corrected chi connectivity index (χ1v) is 26.8. The lowest BCUT2D eigenvalue weighted by Crippen LogP contribution is -2.56. The van der Waals surface area contributed by atoms with Gasteiger partial charge in [-0.2, -0.15) is 0 Å². The number of aromatic nitrogens is 2. The van der Waals surface area contributed by atoms with E-state index in [1.165, 1.54) is 171 Å². The molecule has 2 aromatic heterocycles. The predicted molar refractivity (Wildman–Crippen MR) is 277 cm³/mol. The fourth-order valence-corrected chi connectivity index (χ4v) is 20.2. The van der Waals surface area contributed by atoms with Crippen molar-refractivity contribution in [3.05, 3.63) is 137 Å². The first kappa shape index (κ1) is 36.7. The minimum Gasteiger partial charge on any atom is -0.375 e. The summed E-state index contributed by atoms with van der Waals surface area (Å²) in [4.78, 5) is 0. The summed E-state index contributed by atoms with van der Waals surface area (Å²) in [7, 11) is 0. The zero-order valence-electron chi connectivity index (χ0n) is 39.7. The molecular formula is C64H59BN2. The monoisotopic (exact) mass is 866 g/mol. The molecule has 2 aliphatic heterocycles. The summed E-state index contributed by atoms with van der Waals surface area (Å²) in [6.45, 7) is 10.1. The lowest BCUT2D eigenvalue weighted by atomic mass is 9.45. The Labute approximate surface area is 395 Å². The van der Waals surface area contributed by atoms with Crippen LogP contribution in [0.5, 0.6) is 0 Å². The number of hydrogen-bond acceptors (Lipinski definition) is 0. The van der Waals surface area contributed by atoms with Crippen LogP contribution in [0.3, 0.4) is 0 Å². The van der Waals surface area contributed by atoms with Crippen molar-refractivity contribution >= 4 is 50.5 Å². The Bertz CT molecular complexity index is 3640. The highest BCUT2D eigenvalue weighted by Crippen LogP contribution is 2.65. The molecule has 6 aromatic carbocycles. The lowest BCUT2D eigenvalue weighted by molar-refractivity contribution is -0.00512. The van der Waals surface area contributed by atoms with E-state index >= 15 is 0 Å². The third kappa shape index (κ3) is 4.07. The third-order valence-electron chi connectivity index (χ3n) is 22.1. The molecule has 2 nitrogen and oxygen atoms in total. The average Bonchev–Trinajstić information content (AvgIpc) is 4.04. The van der Waals surface area contributed by atoms with Gasteiger partial charge in [0.2, 0.25) is 0 Å². The van der Waals surface area contributed by atoms with Crippen LogP contribution in [-0.2, 0) is 21.7 Å². The number of para-hydroxylation sites is 1. The smallest absolute Gasteiger partial charge is 0.333 e. The summed E-state index contributed by atoms with van der Waals surface area (Å²) < 4.78 is 5.78. The largest absolute Gasteiger partial charge is 0.375 e. The highest BCUT2D eigenvalue weighted by atomic mass is 15.0. The zero-order chi connectivity index (χ0) is 43.8. The maximum Gasteiger partial charge on any atom is 0.333 e. The van der Waals surface area contributed by atoms with Gasteiger partial charge in [0, 0.05) is 54.8 Å². The highest BCUT2D eigenvalue weighted by Gasteiger charge is 2.56. The average molecular weight is 867 g/mol. The van der Waals surface area contributed by atoms with E-state index < -0.39 is 0 Å². The molecular weight excluding hydrogens is 808 g/mol. The van der Waals surface area contributed by atoms with E-state index in [0.717, 1.165) is 35.5 Å². The van der Waals surface area contributed by atoms with E-state index in [4.69, 9.17) is 0 Å². The molecule has 8 aromatic rings. The number of hydrogen-bond donors (Lipinski definition) is 0. The van der Waals surface area contributed by atoms with Gasteiger partial charge in [0.05, 0.1) is 11.2 Å². The van der Waals surface area contributed by atoms with E-state index in [1.807, 2.05) is 0 Å². The minimum atomic E-state index is -0.174. The predicted octanol–water partition coefficient (Wildman–Crippen LogP) is 14.2. The summed E-state index contributed by atoms with van der Waals surface area (Å²) in [5.41, 5.74) is 27.2. The molecule has 7 bridgehead atoms. The van der Waals surface area contributed by atoms with Gasteiger partial charge in [-0.3, -0.25) is 0 Å². The Morgan fingerprint density at radius 1 is 0.507 bits per heavy atom. The van der Waals surface area contributed by atoms with Gasteiger partial charge in [0.1, 0.15) is 0 Å². The molecule has 328 valence electrons. The molecule has 7 fully saturated rings. The van der Waals surface area contributed by atoms with Crippen LogP contribution < -0.4 is 10.9 Å². The molecule has 3 heteroatoms. The van der Waals surface area contributed by atoms with Gasteiger partial charge in [-0.05, 0) is 215 Å². The van der Waals surface area contributed by atoms with E-state index in [0.29, 0.717) is 5.41 Å². The van der Waals surface area contributed by atoms with Gasteiger partial charge in [-0.1, -0.05) is 100 Å². The van der Waals surface area contributed by atoms with Crippen molar-refractivity contribution in [3.8, 4) is 39.2 Å². The van der Waals surface area contributed by atoms with Crippen molar-refractivity contribution in [3.63, 3.8) is 0 Å². The molecule has 0 N–H and O–H groups in total. The topological polar surface area (TPSA) is 9.86 Å². The summed E-state index contributed by atoms with van der Waals surface area (Å²) in [5, 5.41) is 4.52. The van der Waals surface area contributed by atoms with Crippen LogP contribution in [0.25, 0.3) is 71.9 Å². The van der Waals surface area contributed by atoms with Crippen LogP contribution in [0, 0.1) is 35.5 Å². The van der Waals surface area contributed by atoms with Crippen molar-refractivity contribution in [2.24, 2.45) is 35.5 Å². The molecule has 7 saturated carbocycles. The van der Waals surface area contributed by atoms with Gasteiger partial charge in [-0.15, -0.1) is 0 Å². The number of fused-ring (bicyclic) bond motifs is 18. The van der Waals surface area contributed by atoms with E-state index in [-0.39, 0.29) is 23.1 Å². The molecule has 19 rings (SSSR count). The zero-order valence-corrected chi connectivity index (χ0v) is 39.7. The number of nitrogens with zero attached hydrogens (tertiary/aromatic N) is 2. The number of rotatable bonds is 2. The van der Waals surface area contributed by atoms with Crippen molar-refractivity contribution in [2.45, 2.75) is 126 Å². The molecule has 9 aliphatic carbocycles.